The van der Waals surface area contributed by atoms with Gasteiger partial charge < -0.3 is 15.3 Å². The van der Waals surface area contributed by atoms with E-state index < -0.39 is 11.4 Å². The van der Waals surface area contributed by atoms with E-state index >= 15 is 0 Å². The van der Waals surface area contributed by atoms with Gasteiger partial charge in [-0.15, -0.1) is 11.8 Å². The van der Waals surface area contributed by atoms with Gasteiger partial charge in [0.05, 0.1) is 10.3 Å². The highest BCUT2D eigenvalue weighted by Crippen LogP contribution is 2.25. The number of likely N-dealkylation sites (tertiary alicyclic amines) is 1. The molecule has 1 aromatic rings. The molecule has 1 heterocycles. The second-order valence-electron chi connectivity index (χ2n) is 7.70. The number of hydrogen-bond donors (Lipinski definition) is 2. The lowest BCUT2D eigenvalue weighted by molar-refractivity contribution is -0.385. The van der Waals surface area contributed by atoms with E-state index in [-0.39, 0.29) is 10.6 Å². The van der Waals surface area contributed by atoms with Crippen LogP contribution in [0.5, 0.6) is 0 Å². The summed E-state index contributed by atoms with van der Waals surface area (Å²) >= 11 is 1.58. The molecule has 0 unspecified atom stereocenters. The fourth-order valence-electron chi connectivity index (χ4n) is 3.40. The number of aliphatic carboxylic acids is 1. The van der Waals surface area contributed by atoms with Crippen LogP contribution in [0.3, 0.4) is 0 Å². The van der Waals surface area contributed by atoms with E-state index in [2.05, 4.69) is 10.2 Å². The summed E-state index contributed by atoms with van der Waals surface area (Å²) in [5, 5.41) is 24.0. The third-order valence-corrected chi connectivity index (χ3v) is 5.82. The molecular weight excluding hydrogens is 366 g/mol. The molecule has 7 nitrogen and oxygen atoms in total. The highest BCUT2D eigenvalue weighted by molar-refractivity contribution is 7.98. The van der Waals surface area contributed by atoms with Crippen molar-refractivity contribution in [2.45, 2.75) is 44.0 Å². The Morgan fingerprint density at radius 2 is 2.07 bits per heavy atom. The van der Waals surface area contributed by atoms with Crippen molar-refractivity contribution < 1.29 is 14.8 Å². The first-order valence-electron chi connectivity index (χ1n) is 9.23. The van der Waals surface area contributed by atoms with E-state index in [1.165, 1.54) is 0 Å². The second kappa shape index (κ2) is 9.52. The van der Waals surface area contributed by atoms with E-state index in [4.69, 9.17) is 0 Å². The smallest absolute Gasteiger partial charge is 0.310 e. The minimum absolute atomic E-state index is 0.181. The molecule has 2 N–H and O–H groups in total. The van der Waals surface area contributed by atoms with Crippen molar-refractivity contribution in [1.82, 2.24) is 10.2 Å². The largest absolute Gasteiger partial charge is 0.481 e. The number of piperidine rings is 1. The standard InChI is InChI=1S/C19H29N3O4S/c1-19(2,18(23)24)13-21-10-7-15(8-11-21)20-9-6-14-12-16(27-3)4-5-17(14)22(25)26/h4-5,12,15,20H,6-11,13H2,1-3H3,(H,23,24). The summed E-state index contributed by atoms with van der Waals surface area (Å²) in [5.74, 6) is -0.767. The molecule has 0 radical (unpaired) electrons. The topological polar surface area (TPSA) is 95.7 Å². The van der Waals surface area contributed by atoms with Crippen molar-refractivity contribution >= 4 is 23.4 Å². The summed E-state index contributed by atoms with van der Waals surface area (Å²) in [6, 6.07) is 5.65. The van der Waals surface area contributed by atoms with Crippen LogP contribution in [-0.2, 0) is 11.2 Å². The average molecular weight is 396 g/mol. The van der Waals surface area contributed by atoms with E-state index in [1.807, 2.05) is 12.3 Å². The molecule has 0 spiro atoms. The molecule has 0 aromatic heterocycles. The number of carbonyl (C=O) groups is 1. The van der Waals surface area contributed by atoms with Crippen LogP contribution in [-0.4, -0.2) is 59.4 Å². The van der Waals surface area contributed by atoms with Crippen LogP contribution in [0.15, 0.2) is 23.1 Å². The molecule has 0 saturated carbocycles. The molecule has 150 valence electrons. The highest BCUT2D eigenvalue weighted by Gasteiger charge is 2.31. The molecule has 8 heteroatoms. The Morgan fingerprint density at radius 1 is 1.41 bits per heavy atom. The zero-order valence-corrected chi connectivity index (χ0v) is 17.1. The third kappa shape index (κ3) is 6.19. The van der Waals surface area contributed by atoms with Crippen molar-refractivity contribution in [3.8, 4) is 0 Å². The number of nitrogens with zero attached hydrogens (tertiary/aromatic N) is 2. The minimum atomic E-state index is -0.767. The van der Waals surface area contributed by atoms with Gasteiger partial charge in [-0.3, -0.25) is 14.9 Å². The summed E-state index contributed by atoms with van der Waals surface area (Å²) < 4.78 is 0. The molecule has 1 aromatic carbocycles. The van der Waals surface area contributed by atoms with Crippen molar-refractivity contribution in [3.05, 3.63) is 33.9 Å². The maximum absolute atomic E-state index is 11.3. The average Bonchev–Trinajstić information content (AvgIpc) is 2.62. The van der Waals surface area contributed by atoms with E-state index in [0.717, 1.165) is 36.4 Å². The van der Waals surface area contributed by atoms with Gasteiger partial charge in [0.1, 0.15) is 0 Å². The molecule has 27 heavy (non-hydrogen) atoms. The van der Waals surface area contributed by atoms with Crippen molar-refractivity contribution in [1.29, 1.82) is 0 Å². The number of carboxylic acid groups (broad SMARTS) is 1. The number of nitro groups is 1. The molecule has 2 rings (SSSR count). The van der Waals surface area contributed by atoms with E-state index in [0.29, 0.717) is 25.6 Å². The van der Waals surface area contributed by atoms with Gasteiger partial charge in [-0.1, -0.05) is 0 Å². The number of benzene rings is 1. The van der Waals surface area contributed by atoms with Gasteiger partial charge >= 0.3 is 5.97 Å². The number of carboxylic acids is 1. The summed E-state index contributed by atoms with van der Waals surface area (Å²) in [7, 11) is 0. The fraction of sp³-hybridized carbons (Fsp3) is 0.632. The summed E-state index contributed by atoms with van der Waals surface area (Å²) in [6.07, 6.45) is 4.50. The molecular formula is C19H29N3O4S. The third-order valence-electron chi connectivity index (χ3n) is 5.10. The van der Waals surface area contributed by atoms with Gasteiger partial charge in [-0.2, -0.15) is 0 Å². The van der Waals surface area contributed by atoms with Gasteiger partial charge in [-0.25, -0.2) is 0 Å². The number of nitrogens with one attached hydrogen (secondary N) is 1. The first kappa shape index (κ1) is 21.7. The van der Waals surface area contributed by atoms with Gasteiger partial charge in [0.2, 0.25) is 0 Å². The lowest BCUT2D eigenvalue weighted by Crippen LogP contribution is -2.47. The van der Waals surface area contributed by atoms with Gasteiger partial charge in [0.25, 0.3) is 5.69 Å². The maximum atomic E-state index is 11.3. The Morgan fingerprint density at radius 3 is 2.63 bits per heavy atom. The first-order valence-corrected chi connectivity index (χ1v) is 10.5. The zero-order valence-electron chi connectivity index (χ0n) is 16.2. The molecule has 0 bridgehead atoms. The summed E-state index contributed by atoms with van der Waals surface area (Å²) in [6.45, 7) is 6.52. The Hall–Kier alpha value is -1.64. The number of thioether (sulfide) groups is 1. The van der Waals surface area contributed by atoms with E-state index in [1.54, 1.807) is 37.7 Å². The van der Waals surface area contributed by atoms with E-state index in [9.17, 15) is 20.0 Å². The van der Waals surface area contributed by atoms with Crippen LogP contribution < -0.4 is 5.32 Å². The summed E-state index contributed by atoms with van der Waals surface area (Å²) in [5.41, 5.74) is 0.210. The minimum Gasteiger partial charge on any atom is -0.481 e. The number of nitro benzene ring substituents is 1. The number of hydrogen-bond acceptors (Lipinski definition) is 6. The SMILES string of the molecule is CSc1ccc([N+](=O)[O-])c(CCNC2CCN(CC(C)(C)C(=O)O)CC2)c1. The number of rotatable bonds is 9. The molecule has 0 atom stereocenters. The van der Waals surface area contributed by atoms with Gasteiger partial charge in [-0.05, 0) is 71.1 Å². The van der Waals surface area contributed by atoms with Crippen LogP contribution in [0.4, 0.5) is 5.69 Å². The first-order chi connectivity index (χ1) is 12.7. The zero-order chi connectivity index (χ0) is 20.0. The molecule has 0 aliphatic carbocycles. The highest BCUT2D eigenvalue weighted by atomic mass is 32.2. The van der Waals surface area contributed by atoms with Crippen LogP contribution >= 0.6 is 11.8 Å². The van der Waals surface area contributed by atoms with Crippen LogP contribution in [0.2, 0.25) is 0 Å². The monoisotopic (exact) mass is 395 g/mol. The quantitative estimate of drug-likeness (QED) is 0.377. The fourth-order valence-corrected chi connectivity index (χ4v) is 3.86. The Kier molecular flexibility index (Phi) is 7.64. The molecule has 1 saturated heterocycles. The van der Waals surface area contributed by atoms with Crippen LogP contribution in [0, 0.1) is 15.5 Å². The van der Waals surface area contributed by atoms with Gasteiger partial charge in [0, 0.05) is 29.1 Å². The van der Waals surface area contributed by atoms with Crippen molar-refractivity contribution in [2.24, 2.45) is 5.41 Å². The predicted octanol–water partition coefficient (Wildman–Crippen LogP) is 3.02. The lowest BCUT2D eigenvalue weighted by atomic mass is 9.91. The molecule has 1 aliphatic rings. The Labute approximate surface area is 164 Å². The molecule has 1 fully saturated rings. The normalized spacial score (nSPS) is 16.4. The van der Waals surface area contributed by atoms with Crippen molar-refractivity contribution in [2.75, 3.05) is 32.4 Å². The van der Waals surface area contributed by atoms with Gasteiger partial charge in [0.15, 0.2) is 0 Å². The molecule has 1 aliphatic heterocycles. The van der Waals surface area contributed by atoms with Crippen LogP contribution in [0.25, 0.3) is 0 Å². The predicted molar refractivity (Wildman–Crippen MR) is 107 cm³/mol. The van der Waals surface area contributed by atoms with Crippen molar-refractivity contribution in [3.63, 3.8) is 0 Å². The second-order valence-corrected chi connectivity index (χ2v) is 8.57. The maximum Gasteiger partial charge on any atom is 0.310 e. The van der Waals surface area contributed by atoms with Crippen LogP contribution in [0.1, 0.15) is 32.3 Å². The molecule has 0 amide bonds. The summed E-state index contributed by atoms with van der Waals surface area (Å²) in [4.78, 5) is 25.4. The Balaban J connectivity index is 1.81. The lowest BCUT2D eigenvalue weighted by Gasteiger charge is -2.36. The Bertz CT molecular complexity index is 673.